The fraction of sp³-hybridized carbons (Fsp3) is 0.562. The maximum Gasteiger partial charge on any atom is 0.191 e. The molecule has 0 amide bonds. The second kappa shape index (κ2) is 11.1. The van der Waals surface area contributed by atoms with Gasteiger partial charge in [0.2, 0.25) is 0 Å². The molecular weight excluding hydrogens is 298 g/mol. The van der Waals surface area contributed by atoms with Gasteiger partial charge in [-0.25, -0.2) is 0 Å². The molecule has 0 aliphatic rings. The number of nitrogens with one attached hydrogen (secondary N) is 2. The van der Waals surface area contributed by atoms with E-state index in [2.05, 4.69) is 34.9 Å². The molecule has 0 saturated carbocycles. The fourth-order valence-corrected chi connectivity index (χ4v) is 2.23. The minimum atomic E-state index is 0.756. The van der Waals surface area contributed by atoms with Crippen LogP contribution in [-0.4, -0.2) is 51.8 Å². The standard InChI is InChI=1S/C16H27N3O2S/c1-5-17-16(19-10-11-22-4)18-9-8-13-6-7-14(20-2)15(12-13)21-3/h6-7,12H,5,8-11H2,1-4H3,(H2,17,18,19). The first kappa shape index (κ1) is 18.5. The molecule has 0 bridgehead atoms. The highest BCUT2D eigenvalue weighted by Crippen LogP contribution is 2.27. The number of ether oxygens (including phenoxy) is 2. The van der Waals surface area contributed by atoms with Gasteiger partial charge in [0, 0.05) is 18.8 Å². The summed E-state index contributed by atoms with van der Waals surface area (Å²) in [5.74, 6) is 3.43. The molecule has 2 N–H and O–H groups in total. The van der Waals surface area contributed by atoms with Crippen LogP contribution in [0.5, 0.6) is 11.5 Å². The number of guanidine groups is 1. The second-order valence-corrected chi connectivity index (χ2v) is 5.61. The first-order valence-corrected chi connectivity index (χ1v) is 8.86. The van der Waals surface area contributed by atoms with Crippen LogP contribution < -0.4 is 20.1 Å². The van der Waals surface area contributed by atoms with Gasteiger partial charge < -0.3 is 20.1 Å². The van der Waals surface area contributed by atoms with Crippen LogP contribution in [0.15, 0.2) is 23.2 Å². The van der Waals surface area contributed by atoms with Crippen molar-refractivity contribution < 1.29 is 9.47 Å². The van der Waals surface area contributed by atoms with E-state index in [1.807, 2.05) is 12.1 Å². The van der Waals surface area contributed by atoms with Crippen LogP contribution in [-0.2, 0) is 6.42 Å². The lowest BCUT2D eigenvalue weighted by molar-refractivity contribution is 0.354. The van der Waals surface area contributed by atoms with E-state index in [1.165, 1.54) is 5.56 Å². The number of thioether (sulfide) groups is 1. The van der Waals surface area contributed by atoms with Gasteiger partial charge in [0.1, 0.15) is 0 Å². The summed E-state index contributed by atoms with van der Waals surface area (Å²) in [7, 11) is 3.30. The summed E-state index contributed by atoms with van der Waals surface area (Å²) in [6.45, 7) is 4.58. The molecular formula is C16H27N3O2S. The molecule has 0 unspecified atom stereocenters. The predicted molar refractivity (Wildman–Crippen MR) is 95.6 cm³/mol. The molecule has 0 fully saturated rings. The van der Waals surface area contributed by atoms with E-state index in [4.69, 9.17) is 9.47 Å². The Balaban J connectivity index is 2.52. The van der Waals surface area contributed by atoms with Gasteiger partial charge in [0.25, 0.3) is 0 Å². The smallest absolute Gasteiger partial charge is 0.191 e. The maximum absolute atomic E-state index is 5.32. The molecule has 0 aliphatic heterocycles. The summed E-state index contributed by atoms with van der Waals surface area (Å²) in [5, 5.41) is 6.61. The highest BCUT2D eigenvalue weighted by atomic mass is 32.2. The summed E-state index contributed by atoms with van der Waals surface area (Å²) < 4.78 is 10.6. The van der Waals surface area contributed by atoms with Gasteiger partial charge in [0.05, 0.1) is 20.8 Å². The van der Waals surface area contributed by atoms with Gasteiger partial charge >= 0.3 is 0 Å². The third-order valence-electron chi connectivity index (χ3n) is 3.06. The Morgan fingerprint density at radius 2 is 1.95 bits per heavy atom. The molecule has 0 heterocycles. The molecule has 1 aromatic rings. The van der Waals surface area contributed by atoms with Crippen molar-refractivity contribution >= 4 is 17.7 Å². The van der Waals surface area contributed by atoms with Crippen molar-refractivity contribution in [2.45, 2.75) is 13.3 Å². The Labute approximate surface area is 137 Å². The van der Waals surface area contributed by atoms with Gasteiger partial charge in [0.15, 0.2) is 17.5 Å². The summed E-state index contributed by atoms with van der Waals surface area (Å²) in [5.41, 5.74) is 1.20. The zero-order chi connectivity index (χ0) is 16.2. The Morgan fingerprint density at radius 3 is 2.59 bits per heavy atom. The summed E-state index contributed by atoms with van der Waals surface area (Å²) in [6.07, 6.45) is 2.99. The van der Waals surface area contributed by atoms with Gasteiger partial charge in [-0.3, -0.25) is 4.99 Å². The number of aliphatic imine (C=N–C) groups is 1. The summed E-state index contributed by atoms with van der Waals surface area (Å²) in [6, 6.07) is 6.01. The normalized spacial score (nSPS) is 11.2. The minimum absolute atomic E-state index is 0.756. The number of nitrogens with zero attached hydrogens (tertiary/aromatic N) is 1. The molecule has 0 atom stereocenters. The molecule has 1 aromatic carbocycles. The van der Waals surface area contributed by atoms with E-state index in [0.29, 0.717) is 0 Å². The minimum Gasteiger partial charge on any atom is -0.493 e. The number of hydrogen-bond donors (Lipinski definition) is 2. The van der Waals surface area contributed by atoms with Gasteiger partial charge in [-0.1, -0.05) is 6.07 Å². The zero-order valence-corrected chi connectivity index (χ0v) is 14.8. The van der Waals surface area contributed by atoms with Crippen LogP contribution in [0, 0.1) is 0 Å². The molecule has 1 rings (SSSR count). The van der Waals surface area contributed by atoms with Crippen molar-refractivity contribution in [1.29, 1.82) is 0 Å². The van der Waals surface area contributed by atoms with Crippen molar-refractivity contribution in [3.05, 3.63) is 23.8 Å². The van der Waals surface area contributed by atoms with Gasteiger partial charge in [-0.2, -0.15) is 11.8 Å². The van der Waals surface area contributed by atoms with Crippen molar-refractivity contribution in [2.24, 2.45) is 4.99 Å². The van der Waals surface area contributed by atoms with Crippen molar-refractivity contribution in [2.75, 3.05) is 45.9 Å². The second-order valence-electron chi connectivity index (χ2n) is 4.62. The van der Waals surface area contributed by atoms with E-state index >= 15 is 0 Å². The van der Waals surface area contributed by atoms with Crippen LogP contribution in [0.4, 0.5) is 0 Å². The summed E-state index contributed by atoms with van der Waals surface area (Å²) in [4.78, 5) is 4.52. The Morgan fingerprint density at radius 1 is 1.18 bits per heavy atom. The Hall–Kier alpha value is -1.56. The molecule has 22 heavy (non-hydrogen) atoms. The van der Waals surface area contributed by atoms with Crippen LogP contribution >= 0.6 is 11.8 Å². The van der Waals surface area contributed by atoms with Crippen LogP contribution in [0.1, 0.15) is 12.5 Å². The molecule has 6 heteroatoms. The average Bonchev–Trinajstić information content (AvgIpc) is 2.54. The predicted octanol–water partition coefficient (Wildman–Crippen LogP) is 2.16. The van der Waals surface area contributed by atoms with Crippen LogP contribution in [0.2, 0.25) is 0 Å². The summed E-state index contributed by atoms with van der Waals surface area (Å²) >= 11 is 1.80. The highest BCUT2D eigenvalue weighted by Gasteiger charge is 2.04. The third kappa shape index (κ3) is 6.47. The first-order chi connectivity index (χ1) is 10.7. The van der Waals surface area contributed by atoms with E-state index < -0.39 is 0 Å². The van der Waals surface area contributed by atoms with E-state index in [1.54, 1.807) is 26.0 Å². The quantitative estimate of drug-likeness (QED) is 0.414. The Bertz CT molecular complexity index is 467. The van der Waals surface area contributed by atoms with Crippen LogP contribution in [0.25, 0.3) is 0 Å². The highest BCUT2D eigenvalue weighted by molar-refractivity contribution is 7.98. The lowest BCUT2D eigenvalue weighted by Crippen LogP contribution is -2.38. The topological polar surface area (TPSA) is 54.9 Å². The molecule has 0 radical (unpaired) electrons. The van der Waals surface area contributed by atoms with Crippen molar-refractivity contribution in [3.63, 3.8) is 0 Å². The SMILES string of the molecule is CCNC(=NCCSC)NCCc1ccc(OC)c(OC)c1. The number of rotatable bonds is 9. The van der Waals surface area contributed by atoms with Gasteiger partial charge in [-0.15, -0.1) is 0 Å². The fourth-order valence-electron chi connectivity index (χ4n) is 1.95. The molecule has 0 aromatic heterocycles. The van der Waals surface area contributed by atoms with Crippen molar-refractivity contribution in [3.8, 4) is 11.5 Å². The number of benzene rings is 1. The third-order valence-corrected chi connectivity index (χ3v) is 3.65. The molecule has 5 nitrogen and oxygen atoms in total. The lowest BCUT2D eigenvalue weighted by atomic mass is 10.1. The molecule has 0 saturated heterocycles. The average molecular weight is 325 g/mol. The Kier molecular flexibility index (Phi) is 9.30. The van der Waals surface area contributed by atoms with Crippen LogP contribution in [0.3, 0.4) is 0 Å². The van der Waals surface area contributed by atoms with Gasteiger partial charge in [-0.05, 0) is 37.3 Å². The lowest BCUT2D eigenvalue weighted by Gasteiger charge is -2.12. The molecule has 0 spiro atoms. The zero-order valence-electron chi connectivity index (χ0n) is 13.9. The monoisotopic (exact) mass is 325 g/mol. The number of hydrogen-bond acceptors (Lipinski definition) is 4. The van der Waals surface area contributed by atoms with E-state index in [0.717, 1.165) is 49.3 Å². The van der Waals surface area contributed by atoms with E-state index in [9.17, 15) is 0 Å². The first-order valence-electron chi connectivity index (χ1n) is 7.47. The molecule has 0 aliphatic carbocycles. The molecule has 124 valence electrons. The van der Waals surface area contributed by atoms with Crippen molar-refractivity contribution in [1.82, 2.24) is 10.6 Å². The number of methoxy groups -OCH3 is 2. The maximum atomic E-state index is 5.32. The largest absolute Gasteiger partial charge is 0.493 e. The van der Waals surface area contributed by atoms with E-state index in [-0.39, 0.29) is 0 Å².